The van der Waals surface area contributed by atoms with E-state index >= 15 is 0 Å². The lowest BCUT2D eigenvalue weighted by Gasteiger charge is -2.39. The third-order valence-electron chi connectivity index (χ3n) is 1.64. The Labute approximate surface area is 64.5 Å². The first-order valence-electron chi connectivity index (χ1n) is 2.95. The molecule has 0 aromatic carbocycles. The van der Waals surface area contributed by atoms with Crippen molar-refractivity contribution in [3.05, 3.63) is 0 Å². The maximum atomic E-state index is 10.3. The molecule has 0 amide bonds. The molecule has 0 bridgehead atoms. The maximum absolute atomic E-state index is 10.3. The van der Waals surface area contributed by atoms with E-state index in [0.29, 0.717) is 0 Å². The van der Waals surface area contributed by atoms with Crippen molar-refractivity contribution in [3.8, 4) is 0 Å². The van der Waals surface area contributed by atoms with Crippen molar-refractivity contribution in [2.24, 2.45) is 0 Å². The minimum absolute atomic E-state index is 0.101. The van der Waals surface area contributed by atoms with E-state index in [1.165, 1.54) is 0 Å². The van der Waals surface area contributed by atoms with Crippen LogP contribution in [0.4, 0.5) is 0 Å². The van der Waals surface area contributed by atoms with Gasteiger partial charge in [0.2, 0.25) is 0 Å². The molecule has 0 saturated carbocycles. The molecule has 0 radical (unpaired) electrons. The van der Waals surface area contributed by atoms with Crippen molar-refractivity contribution in [2.75, 3.05) is 6.61 Å². The van der Waals surface area contributed by atoms with Crippen molar-refractivity contribution >= 4 is 11.4 Å². The highest BCUT2D eigenvalue weighted by atomic mass is 32.2. The lowest BCUT2D eigenvalue weighted by Crippen LogP contribution is -2.61. The van der Waals surface area contributed by atoms with Crippen molar-refractivity contribution in [3.63, 3.8) is 0 Å². The SMILES string of the molecule is O=S1OC2(CCOC2(O)O)O1. The zero-order chi connectivity index (χ0) is 8.11. The molecular weight excluding hydrogens is 176 g/mol. The van der Waals surface area contributed by atoms with E-state index in [4.69, 9.17) is 10.2 Å². The van der Waals surface area contributed by atoms with E-state index in [-0.39, 0.29) is 13.0 Å². The molecule has 1 spiro atoms. The van der Waals surface area contributed by atoms with Crippen molar-refractivity contribution in [2.45, 2.75) is 18.2 Å². The predicted molar refractivity (Wildman–Crippen MR) is 30.8 cm³/mol. The first-order valence-corrected chi connectivity index (χ1v) is 3.95. The fourth-order valence-corrected chi connectivity index (χ4v) is 1.85. The molecule has 0 atom stereocenters. The Morgan fingerprint density at radius 3 is 2.36 bits per heavy atom. The average Bonchev–Trinajstić information content (AvgIpc) is 2.07. The van der Waals surface area contributed by atoms with Gasteiger partial charge in [-0.1, -0.05) is 0 Å². The standard InChI is InChI=1S/C4H6O6S/c5-4(6)3(1-2-8-4)9-11(7)10-3/h5-6H,1-2H2. The topological polar surface area (TPSA) is 85.2 Å². The van der Waals surface area contributed by atoms with E-state index in [9.17, 15) is 4.21 Å². The molecular formula is C4H6O6S. The molecule has 2 heterocycles. The number of hydrogen-bond donors (Lipinski definition) is 2. The molecule has 0 unspecified atom stereocenters. The van der Waals surface area contributed by atoms with Gasteiger partial charge < -0.3 is 14.9 Å². The van der Waals surface area contributed by atoms with Crippen LogP contribution in [0.3, 0.4) is 0 Å². The zero-order valence-corrected chi connectivity index (χ0v) is 6.17. The lowest BCUT2D eigenvalue weighted by molar-refractivity contribution is -0.426. The molecule has 2 rings (SSSR count). The summed E-state index contributed by atoms with van der Waals surface area (Å²) in [5.74, 6) is -4.10. The van der Waals surface area contributed by atoms with Crippen LogP contribution >= 0.6 is 0 Å². The van der Waals surface area contributed by atoms with Gasteiger partial charge in [0.25, 0.3) is 5.79 Å². The molecule has 64 valence electrons. The van der Waals surface area contributed by atoms with Crippen molar-refractivity contribution in [1.82, 2.24) is 0 Å². The Hall–Kier alpha value is -0.0500. The van der Waals surface area contributed by atoms with Gasteiger partial charge in [-0.2, -0.15) is 4.21 Å². The Kier molecular flexibility index (Phi) is 1.38. The van der Waals surface area contributed by atoms with Crippen LogP contribution in [0.1, 0.15) is 6.42 Å². The van der Waals surface area contributed by atoms with Crippen LogP contribution in [-0.4, -0.2) is 32.8 Å². The highest BCUT2D eigenvalue weighted by Crippen LogP contribution is 2.44. The first kappa shape index (κ1) is 7.59. The van der Waals surface area contributed by atoms with Gasteiger partial charge in [0.05, 0.1) is 6.61 Å². The van der Waals surface area contributed by atoms with Crippen LogP contribution in [0.25, 0.3) is 0 Å². The van der Waals surface area contributed by atoms with Gasteiger partial charge >= 0.3 is 17.3 Å². The quantitative estimate of drug-likeness (QED) is 0.437. The van der Waals surface area contributed by atoms with Crippen LogP contribution in [0.5, 0.6) is 0 Å². The van der Waals surface area contributed by atoms with Crippen LogP contribution in [-0.2, 0) is 24.5 Å². The van der Waals surface area contributed by atoms with Crippen molar-refractivity contribution in [1.29, 1.82) is 0 Å². The normalized spacial score (nSPS) is 47.6. The molecule has 0 aromatic rings. The molecule has 2 saturated heterocycles. The second-order valence-corrected chi connectivity index (χ2v) is 3.07. The molecule has 0 aromatic heterocycles. The summed E-state index contributed by atoms with van der Waals surface area (Å²) in [6, 6.07) is 0. The molecule has 7 heteroatoms. The third-order valence-corrected chi connectivity index (χ3v) is 2.45. The molecule has 2 aliphatic rings. The average molecular weight is 182 g/mol. The van der Waals surface area contributed by atoms with Crippen LogP contribution in [0.15, 0.2) is 0 Å². The summed E-state index contributed by atoms with van der Waals surface area (Å²) in [6.07, 6.45) is 0.158. The van der Waals surface area contributed by atoms with Crippen LogP contribution in [0, 0.1) is 0 Å². The van der Waals surface area contributed by atoms with E-state index in [1.807, 2.05) is 0 Å². The second kappa shape index (κ2) is 2.00. The number of aliphatic hydroxyl groups is 2. The Morgan fingerprint density at radius 1 is 1.36 bits per heavy atom. The molecule has 2 aliphatic heterocycles. The lowest BCUT2D eigenvalue weighted by atomic mass is 10.2. The molecule has 0 aliphatic carbocycles. The first-order chi connectivity index (χ1) is 5.06. The van der Waals surface area contributed by atoms with Gasteiger partial charge in [0.1, 0.15) is 0 Å². The highest BCUT2D eigenvalue weighted by Gasteiger charge is 2.67. The summed E-state index contributed by atoms with van der Waals surface area (Å²) >= 11 is -1.87. The van der Waals surface area contributed by atoms with Crippen LogP contribution < -0.4 is 0 Å². The number of hydrogen-bond acceptors (Lipinski definition) is 6. The van der Waals surface area contributed by atoms with Gasteiger partial charge in [-0.15, -0.1) is 0 Å². The summed E-state index contributed by atoms with van der Waals surface area (Å²) < 4.78 is 23.9. The Balaban J connectivity index is 2.20. The summed E-state index contributed by atoms with van der Waals surface area (Å²) in [5.41, 5.74) is 0. The zero-order valence-electron chi connectivity index (χ0n) is 5.35. The van der Waals surface area contributed by atoms with E-state index < -0.39 is 23.1 Å². The highest BCUT2D eigenvalue weighted by molar-refractivity contribution is 7.76. The van der Waals surface area contributed by atoms with Gasteiger partial charge in [-0.05, 0) is 0 Å². The maximum Gasteiger partial charge on any atom is 0.338 e. The van der Waals surface area contributed by atoms with Gasteiger partial charge in [0.15, 0.2) is 0 Å². The molecule has 2 N–H and O–H groups in total. The van der Waals surface area contributed by atoms with E-state index in [2.05, 4.69) is 13.1 Å². The Morgan fingerprint density at radius 2 is 2.00 bits per heavy atom. The summed E-state index contributed by atoms with van der Waals surface area (Å²) in [4.78, 5) is 0. The molecule has 2 fully saturated rings. The minimum atomic E-state index is -2.47. The summed E-state index contributed by atoms with van der Waals surface area (Å²) in [7, 11) is 0. The third kappa shape index (κ3) is 0.866. The summed E-state index contributed by atoms with van der Waals surface area (Å²) in [5, 5.41) is 18.1. The van der Waals surface area contributed by atoms with Crippen LogP contribution in [0.2, 0.25) is 0 Å². The van der Waals surface area contributed by atoms with Crippen molar-refractivity contribution < 1.29 is 27.5 Å². The fraction of sp³-hybridized carbons (Fsp3) is 1.00. The second-order valence-electron chi connectivity index (χ2n) is 2.33. The predicted octanol–water partition coefficient (Wildman–Crippen LogP) is -1.63. The minimum Gasteiger partial charge on any atom is -0.339 e. The summed E-state index contributed by atoms with van der Waals surface area (Å²) in [6.45, 7) is 0.101. The fourth-order valence-electron chi connectivity index (χ4n) is 1.02. The molecule has 11 heavy (non-hydrogen) atoms. The smallest absolute Gasteiger partial charge is 0.338 e. The van der Waals surface area contributed by atoms with Gasteiger partial charge in [-0.3, -0.25) is 0 Å². The largest absolute Gasteiger partial charge is 0.339 e. The Bertz CT molecular complexity index is 205. The monoisotopic (exact) mass is 182 g/mol. The van der Waals surface area contributed by atoms with E-state index in [1.54, 1.807) is 0 Å². The van der Waals surface area contributed by atoms with E-state index in [0.717, 1.165) is 0 Å². The number of rotatable bonds is 0. The number of ether oxygens (including phenoxy) is 1. The molecule has 6 nitrogen and oxygen atoms in total. The van der Waals surface area contributed by atoms with Gasteiger partial charge in [-0.25, -0.2) is 8.37 Å². The van der Waals surface area contributed by atoms with Gasteiger partial charge in [0, 0.05) is 6.42 Å².